The van der Waals surface area contributed by atoms with Crippen molar-refractivity contribution in [2.45, 2.75) is 19.5 Å². The number of nitrogens with zero attached hydrogens (tertiary/aromatic N) is 1. The summed E-state index contributed by atoms with van der Waals surface area (Å²) in [4.78, 5) is 25.2. The molecule has 2 rings (SSSR count). The number of nitro groups is 1. The average molecular weight is 381 g/mol. The van der Waals surface area contributed by atoms with Gasteiger partial charge in [0.15, 0.2) is 6.04 Å². The smallest absolute Gasteiger partial charge is 0.292 e. The van der Waals surface area contributed by atoms with E-state index < -0.39 is 11.0 Å². The van der Waals surface area contributed by atoms with Crippen molar-refractivity contribution >= 4 is 40.2 Å². The molecule has 1 unspecified atom stereocenters. The predicted molar refractivity (Wildman–Crippen MR) is 100 cm³/mol. The Morgan fingerprint density at radius 2 is 2.16 bits per heavy atom. The molecule has 0 saturated carbocycles. The van der Waals surface area contributed by atoms with Crippen LogP contribution in [0.4, 0.5) is 11.4 Å². The van der Waals surface area contributed by atoms with Crippen LogP contribution >= 0.6 is 22.9 Å². The normalized spacial score (nSPS) is 13.0. The lowest BCUT2D eigenvalue weighted by Crippen LogP contribution is -3.15. The minimum Gasteiger partial charge on any atom is -0.317 e. The van der Waals surface area contributed by atoms with E-state index in [2.05, 4.69) is 11.9 Å². The minimum absolute atomic E-state index is 0.127. The Bertz CT molecular complexity index is 778. The van der Waals surface area contributed by atoms with Crippen LogP contribution in [0.3, 0.4) is 0 Å². The number of amides is 1. The standard InChI is InChI=1S/C17H18ClN3O3S/c1-3-10-20(11-13-8-9-16(18)25-13)12(2)17(22)19-14-6-4-5-7-15(14)21(23)24/h3-9,12H,1,10-11H2,2H3,(H,19,22)/p+1/t12-/m0/s1. The lowest BCUT2D eigenvalue weighted by Gasteiger charge is -2.23. The lowest BCUT2D eigenvalue weighted by atomic mass is 10.2. The van der Waals surface area contributed by atoms with Crippen LogP contribution in [0.25, 0.3) is 0 Å². The van der Waals surface area contributed by atoms with Gasteiger partial charge in [-0.15, -0.1) is 11.3 Å². The monoisotopic (exact) mass is 380 g/mol. The summed E-state index contributed by atoms with van der Waals surface area (Å²) in [7, 11) is 0. The van der Waals surface area contributed by atoms with Crippen molar-refractivity contribution in [1.29, 1.82) is 0 Å². The molecule has 1 aromatic heterocycles. The van der Waals surface area contributed by atoms with Gasteiger partial charge in [-0.05, 0) is 31.2 Å². The number of nitrogens with one attached hydrogen (secondary N) is 2. The molecule has 0 aliphatic rings. The van der Waals surface area contributed by atoms with Gasteiger partial charge in [-0.1, -0.05) is 30.3 Å². The largest absolute Gasteiger partial charge is 0.317 e. The first kappa shape index (κ1) is 19.1. The number of carbonyl (C=O) groups excluding carboxylic acids is 1. The molecule has 0 aliphatic carbocycles. The summed E-state index contributed by atoms with van der Waals surface area (Å²) in [5.41, 5.74) is 0.0693. The molecule has 1 amide bonds. The highest BCUT2D eigenvalue weighted by atomic mass is 35.5. The number of hydrogen-bond donors (Lipinski definition) is 2. The molecule has 132 valence electrons. The number of para-hydroxylation sites is 2. The molecule has 8 heteroatoms. The van der Waals surface area contributed by atoms with Crippen LogP contribution in [0.1, 0.15) is 11.8 Å². The van der Waals surface area contributed by atoms with Gasteiger partial charge in [-0.3, -0.25) is 14.9 Å². The zero-order valence-corrected chi connectivity index (χ0v) is 15.3. The minimum atomic E-state index is -0.512. The molecule has 1 aromatic carbocycles. The van der Waals surface area contributed by atoms with Gasteiger partial charge in [-0.2, -0.15) is 0 Å². The van der Waals surface area contributed by atoms with Crippen LogP contribution in [0.15, 0.2) is 49.1 Å². The van der Waals surface area contributed by atoms with Gasteiger partial charge in [-0.25, -0.2) is 0 Å². The number of anilines is 1. The third-order valence-corrected chi connectivity index (χ3v) is 5.03. The van der Waals surface area contributed by atoms with Crippen molar-refractivity contribution in [3.63, 3.8) is 0 Å². The Morgan fingerprint density at radius 3 is 2.76 bits per heavy atom. The van der Waals surface area contributed by atoms with E-state index in [1.54, 1.807) is 25.1 Å². The fourth-order valence-electron chi connectivity index (χ4n) is 2.42. The fraction of sp³-hybridized carbons (Fsp3) is 0.235. The van der Waals surface area contributed by atoms with Crippen LogP contribution in [-0.4, -0.2) is 23.4 Å². The van der Waals surface area contributed by atoms with Crippen molar-refractivity contribution in [3.8, 4) is 0 Å². The van der Waals surface area contributed by atoms with E-state index in [1.807, 2.05) is 12.1 Å². The van der Waals surface area contributed by atoms with Gasteiger partial charge in [0.25, 0.3) is 11.6 Å². The number of carbonyl (C=O) groups is 1. The highest BCUT2D eigenvalue weighted by Gasteiger charge is 2.26. The highest BCUT2D eigenvalue weighted by molar-refractivity contribution is 7.16. The van der Waals surface area contributed by atoms with Gasteiger partial charge in [0.1, 0.15) is 12.2 Å². The third kappa shape index (κ3) is 5.12. The van der Waals surface area contributed by atoms with Gasteiger partial charge in [0.05, 0.1) is 20.7 Å². The topological polar surface area (TPSA) is 76.7 Å². The second-order valence-corrected chi connectivity index (χ2v) is 7.32. The molecule has 0 saturated heterocycles. The molecule has 0 radical (unpaired) electrons. The molecule has 2 N–H and O–H groups in total. The average Bonchev–Trinajstić information content (AvgIpc) is 2.99. The van der Waals surface area contributed by atoms with Crippen LogP contribution < -0.4 is 10.2 Å². The van der Waals surface area contributed by atoms with E-state index in [4.69, 9.17) is 11.6 Å². The maximum absolute atomic E-state index is 12.6. The summed E-state index contributed by atoms with van der Waals surface area (Å²) in [6.45, 7) is 6.74. The summed E-state index contributed by atoms with van der Waals surface area (Å²) in [5, 5.41) is 13.7. The number of quaternary nitrogens is 1. The molecule has 25 heavy (non-hydrogen) atoms. The fourth-order valence-corrected chi connectivity index (χ4v) is 3.56. The Labute approximate surface area is 154 Å². The van der Waals surface area contributed by atoms with Crippen LogP contribution in [0, 0.1) is 10.1 Å². The van der Waals surface area contributed by atoms with Crippen molar-refractivity contribution in [2.24, 2.45) is 0 Å². The van der Waals surface area contributed by atoms with Gasteiger partial charge >= 0.3 is 0 Å². The summed E-state index contributed by atoms with van der Waals surface area (Å²) < 4.78 is 0.699. The summed E-state index contributed by atoms with van der Waals surface area (Å²) >= 11 is 7.43. The van der Waals surface area contributed by atoms with Gasteiger partial charge in [0, 0.05) is 6.07 Å². The third-order valence-electron chi connectivity index (χ3n) is 3.80. The zero-order chi connectivity index (χ0) is 18.4. The first-order chi connectivity index (χ1) is 11.9. The second-order valence-electron chi connectivity index (χ2n) is 5.52. The van der Waals surface area contributed by atoms with Crippen LogP contribution in [0.5, 0.6) is 0 Å². The Kier molecular flexibility index (Phi) is 6.69. The van der Waals surface area contributed by atoms with E-state index in [-0.39, 0.29) is 17.3 Å². The van der Waals surface area contributed by atoms with E-state index in [0.29, 0.717) is 17.4 Å². The lowest BCUT2D eigenvalue weighted by molar-refractivity contribution is -0.921. The summed E-state index contributed by atoms with van der Waals surface area (Å²) in [6.07, 6.45) is 1.75. The zero-order valence-electron chi connectivity index (χ0n) is 13.7. The first-order valence-electron chi connectivity index (χ1n) is 7.66. The number of benzene rings is 1. The molecule has 1 heterocycles. The van der Waals surface area contributed by atoms with Crippen molar-refractivity contribution in [1.82, 2.24) is 0 Å². The molecular formula is C17H19ClN3O3S+. The molecular weight excluding hydrogens is 362 g/mol. The van der Waals surface area contributed by atoms with E-state index in [0.717, 1.165) is 9.78 Å². The van der Waals surface area contributed by atoms with Crippen LogP contribution in [-0.2, 0) is 11.3 Å². The number of thiophene rings is 1. The SMILES string of the molecule is C=CC[NH+](Cc1ccc(Cl)s1)[C@@H](C)C(=O)Nc1ccccc1[N+](=O)[O-]. The first-order valence-corrected chi connectivity index (χ1v) is 8.85. The maximum Gasteiger partial charge on any atom is 0.292 e. The number of nitro benzene ring substituents is 1. The van der Waals surface area contributed by atoms with E-state index >= 15 is 0 Å². The predicted octanol–water partition coefficient (Wildman–Crippen LogP) is 2.91. The Morgan fingerprint density at radius 1 is 1.44 bits per heavy atom. The molecule has 0 spiro atoms. The molecule has 6 nitrogen and oxygen atoms in total. The molecule has 0 fully saturated rings. The van der Waals surface area contributed by atoms with E-state index in [1.165, 1.54) is 23.5 Å². The van der Waals surface area contributed by atoms with E-state index in [9.17, 15) is 14.9 Å². The van der Waals surface area contributed by atoms with Crippen molar-refractivity contribution in [3.05, 3.63) is 68.4 Å². The molecule has 2 atom stereocenters. The van der Waals surface area contributed by atoms with Gasteiger partial charge in [0.2, 0.25) is 0 Å². The highest BCUT2D eigenvalue weighted by Crippen LogP contribution is 2.23. The Balaban J connectivity index is 2.13. The van der Waals surface area contributed by atoms with Crippen LogP contribution in [0.2, 0.25) is 4.34 Å². The van der Waals surface area contributed by atoms with Crippen molar-refractivity contribution in [2.75, 3.05) is 11.9 Å². The second kappa shape index (κ2) is 8.75. The number of hydrogen-bond acceptors (Lipinski definition) is 4. The quantitative estimate of drug-likeness (QED) is 0.420. The molecule has 0 aliphatic heterocycles. The summed E-state index contributed by atoms with van der Waals surface area (Å²) in [6, 6.07) is 9.44. The maximum atomic E-state index is 12.6. The molecule has 0 bridgehead atoms. The molecule has 2 aromatic rings. The van der Waals surface area contributed by atoms with Gasteiger partial charge < -0.3 is 10.2 Å². The Hall–Kier alpha value is -2.22. The summed E-state index contributed by atoms with van der Waals surface area (Å²) in [5.74, 6) is -0.284. The number of rotatable bonds is 8. The van der Waals surface area contributed by atoms with Crippen molar-refractivity contribution < 1.29 is 14.6 Å². The number of halogens is 1.